The number of aromatic nitrogens is 2. The molecule has 0 saturated heterocycles. The van der Waals surface area contributed by atoms with Gasteiger partial charge in [0.25, 0.3) is 0 Å². The van der Waals surface area contributed by atoms with Crippen LogP contribution in [0.3, 0.4) is 0 Å². The van der Waals surface area contributed by atoms with Gasteiger partial charge in [-0.05, 0) is 114 Å². The zero-order valence-corrected chi connectivity index (χ0v) is 27.0. The van der Waals surface area contributed by atoms with Crippen LogP contribution in [0.25, 0.3) is 71.6 Å². The molecule has 0 radical (unpaired) electrons. The highest BCUT2D eigenvalue weighted by Crippen LogP contribution is 2.65. The van der Waals surface area contributed by atoms with Crippen LogP contribution in [0.2, 0.25) is 0 Å². The molecule has 1 spiro atoms. The number of imidazole rings is 1. The van der Waals surface area contributed by atoms with Gasteiger partial charge < -0.3 is 0 Å². The SMILES string of the molecule is Cc1nc2ccccc2n1-c1ccc(-c2ccc3c4c(ccc3c2)-c2ccc3ccccc3c2C42c3ccccc3-c3ccccc32)cc1. The van der Waals surface area contributed by atoms with E-state index in [2.05, 4.69) is 169 Å². The number of fused-ring (bicyclic) bond motifs is 15. The molecule has 1 heterocycles. The maximum atomic E-state index is 4.79. The molecule has 0 saturated carbocycles. The van der Waals surface area contributed by atoms with Gasteiger partial charge in [0, 0.05) is 5.69 Å². The Balaban J connectivity index is 1.14. The summed E-state index contributed by atoms with van der Waals surface area (Å²) in [6.07, 6.45) is 0. The minimum absolute atomic E-state index is 0.410. The molecule has 2 aliphatic rings. The summed E-state index contributed by atoms with van der Waals surface area (Å²) in [5.74, 6) is 0.992. The van der Waals surface area contributed by atoms with E-state index in [0.29, 0.717) is 0 Å². The summed E-state index contributed by atoms with van der Waals surface area (Å²) in [6, 6.07) is 60.8. The average molecular weight is 623 g/mol. The molecule has 0 N–H and O–H groups in total. The molecular weight excluding hydrogens is 593 g/mol. The fraction of sp³-hybridized carbons (Fsp3) is 0.0426. The highest BCUT2D eigenvalue weighted by molar-refractivity contribution is 6.09. The number of rotatable bonds is 2. The minimum Gasteiger partial charge on any atom is -0.297 e. The first-order valence-electron chi connectivity index (χ1n) is 17.1. The third-order valence-corrected chi connectivity index (χ3v) is 11.1. The highest BCUT2D eigenvalue weighted by Gasteiger charge is 2.53. The Morgan fingerprint density at radius 1 is 0.469 bits per heavy atom. The fourth-order valence-electron chi connectivity index (χ4n) is 9.21. The Kier molecular flexibility index (Phi) is 5.28. The zero-order valence-electron chi connectivity index (χ0n) is 27.0. The lowest BCUT2D eigenvalue weighted by molar-refractivity contribution is 0.809. The molecule has 0 atom stereocenters. The Bertz CT molecular complexity index is 2790. The largest absolute Gasteiger partial charge is 0.297 e. The van der Waals surface area contributed by atoms with Gasteiger partial charge in [0.2, 0.25) is 0 Å². The summed E-state index contributed by atoms with van der Waals surface area (Å²) < 4.78 is 2.24. The van der Waals surface area contributed by atoms with Gasteiger partial charge in [-0.2, -0.15) is 0 Å². The average Bonchev–Trinajstić information content (AvgIpc) is 3.77. The zero-order chi connectivity index (χ0) is 32.3. The van der Waals surface area contributed by atoms with Crippen molar-refractivity contribution in [3.8, 4) is 39.1 Å². The van der Waals surface area contributed by atoms with Crippen LogP contribution in [0.1, 0.15) is 28.1 Å². The summed E-state index contributed by atoms with van der Waals surface area (Å²) in [5.41, 5.74) is 16.2. The quantitative estimate of drug-likeness (QED) is 0.188. The van der Waals surface area contributed by atoms with Gasteiger partial charge in [0.1, 0.15) is 5.82 Å². The number of hydrogen-bond donors (Lipinski definition) is 0. The third-order valence-electron chi connectivity index (χ3n) is 11.1. The van der Waals surface area contributed by atoms with E-state index in [-0.39, 0.29) is 0 Å². The first-order chi connectivity index (χ1) is 24.2. The lowest BCUT2D eigenvalue weighted by Gasteiger charge is -2.32. The van der Waals surface area contributed by atoms with Crippen LogP contribution in [0.15, 0.2) is 164 Å². The van der Waals surface area contributed by atoms with Crippen molar-refractivity contribution in [2.75, 3.05) is 0 Å². The summed E-state index contributed by atoms with van der Waals surface area (Å²) in [4.78, 5) is 4.79. The second-order valence-electron chi connectivity index (χ2n) is 13.5. The smallest absolute Gasteiger partial charge is 0.111 e. The van der Waals surface area contributed by atoms with Crippen molar-refractivity contribution in [2.24, 2.45) is 0 Å². The van der Waals surface area contributed by atoms with Gasteiger partial charge in [-0.3, -0.25) is 4.57 Å². The number of benzene rings is 8. The van der Waals surface area contributed by atoms with Crippen LogP contribution in [0.5, 0.6) is 0 Å². The van der Waals surface area contributed by atoms with Crippen LogP contribution in [0, 0.1) is 6.92 Å². The number of hydrogen-bond acceptors (Lipinski definition) is 1. The van der Waals surface area contributed by atoms with Crippen molar-refractivity contribution in [1.29, 1.82) is 0 Å². The van der Waals surface area contributed by atoms with Crippen LogP contribution in [-0.4, -0.2) is 9.55 Å². The molecule has 8 aromatic carbocycles. The van der Waals surface area contributed by atoms with E-state index in [1.165, 1.54) is 77.2 Å². The van der Waals surface area contributed by atoms with E-state index < -0.39 is 5.41 Å². The second-order valence-corrected chi connectivity index (χ2v) is 13.5. The molecule has 0 fully saturated rings. The Morgan fingerprint density at radius 3 is 1.82 bits per heavy atom. The predicted molar refractivity (Wildman–Crippen MR) is 203 cm³/mol. The molecular formula is C47H30N2. The number of nitrogens with zero attached hydrogens (tertiary/aromatic N) is 2. The first-order valence-corrected chi connectivity index (χ1v) is 17.1. The van der Waals surface area contributed by atoms with Gasteiger partial charge in [-0.25, -0.2) is 4.98 Å². The van der Waals surface area contributed by atoms with E-state index in [4.69, 9.17) is 4.98 Å². The van der Waals surface area contributed by atoms with Crippen LogP contribution in [-0.2, 0) is 5.41 Å². The van der Waals surface area contributed by atoms with Gasteiger partial charge in [0.15, 0.2) is 0 Å². The third kappa shape index (κ3) is 3.43. The van der Waals surface area contributed by atoms with Crippen molar-refractivity contribution in [3.63, 3.8) is 0 Å². The molecule has 0 bridgehead atoms. The second kappa shape index (κ2) is 9.65. The van der Waals surface area contributed by atoms with Gasteiger partial charge >= 0.3 is 0 Å². The summed E-state index contributed by atoms with van der Waals surface area (Å²) in [7, 11) is 0. The Morgan fingerprint density at radius 2 is 1.06 bits per heavy atom. The van der Waals surface area contributed by atoms with Crippen LogP contribution >= 0.6 is 0 Å². The molecule has 9 aromatic rings. The summed E-state index contributed by atoms with van der Waals surface area (Å²) in [5, 5.41) is 5.18. The first kappa shape index (κ1) is 26.8. The maximum absolute atomic E-state index is 4.79. The number of aryl methyl sites for hydroxylation is 1. The van der Waals surface area contributed by atoms with E-state index in [1.54, 1.807) is 0 Å². The van der Waals surface area contributed by atoms with Gasteiger partial charge in [0.05, 0.1) is 16.4 Å². The normalized spacial score (nSPS) is 13.6. The molecule has 0 unspecified atom stereocenters. The maximum Gasteiger partial charge on any atom is 0.111 e. The Labute approximate surface area is 284 Å². The van der Waals surface area contributed by atoms with Crippen molar-refractivity contribution < 1.29 is 0 Å². The van der Waals surface area contributed by atoms with Gasteiger partial charge in [-0.15, -0.1) is 0 Å². The molecule has 2 heteroatoms. The molecule has 11 rings (SSSR count). The standard InChI is InChI=1S/C47H30N2/c1-29-48-43-16-8-9-17-44(43)49(29)34-23-18-30(19-24-34)32-21-25-36-33(28-32)22-27-40-39-26-20-31-10-2-3-11-35(31)45(39)47(46(36)40)41-14-6-4-12-37(41)38-13-5-7-15-42(38)47/h2-28H,1H3. The molecule has 1 aromatic heterocycles. The van der Waals surface area contributed by atoms with Crippen LogP contribution < -0.4 is 0 Å². The molecule has 228 valence electrons. The van der Waals surface area contributed by atoms with Crippen molar-refractivity contribution in [3.05, 3.63) is 192 Å². The van der Waals surface area contributed by atoms with Gasteiger partial charge in [-0.1, -0.05) is 133 Å². The molecule has 2 aliphatic carbocycles. The molecule has 2 nitrogen and oxygen atoms in total. The van der Waals surface area contributed by atoms with Crippen LogP contribution in [0.4, 0.5) is 0 Å². The minimum atomic E-state index is -0.410. The number of para-hydroxylation sites is 2. The lowest BCUT2D eigenvalue weighted by atomic mass is 9.68. The van der Waals surface area contributed by atoms with E-state index in [0.717, 1.165) is 22.5 Å². The molecule has 0 amide bonds. The highest BCUT2D eigenvalue weighted by atomic mass is 15.1. The molecule has 49 heavy (non-hydrogen) atoms. The monoisotopic (exact) mass is 622 g/mol. The topological polar surface area (TPSA) is 17.8 Å². The van der Waals surface area contributed by atoms with E-state index in [1.807, 2.05) is 6.07 Å². The summed E-state index contributed by atoms with van der Waals surface area (Å²) >= 11 is 0. The van der Waals surface area contributed by atoms with Crippen molar-refractivity contribution in [2.45, 2.75) is 12.3 Å². The molecule has 0 aliphatic heterocycles. The lowest BCUT2D eigenvalue weighted by Crippen LogP contribution is -2.26. The summed E-state index contributed by atoms with van der Waals surface area (Å²) in [6.45, 7) is 2.07. The Hall–Kier alpha value is -6.25. The van der Waals surface area contributed by atoms with Crippen molar-refractivity contribution >= 4 is 32.6 Å². The van der Waals surface area contributed by atoms with E-state index in [9.17, 15) is 0 Å². The predicted octanol–water partition coefficient (Wildman–Crippen LogP) is 11.7. The fourth-order valence-corrected chi connectivity index (χ4v) is 9.21. The van der Waals surface area contributed by atoms with Crippen molar-refractivity contribution in [1.82, 2.24) is 9.55 Å². The van der Waals surface area contributed by atoms with E-state index >= 15 is 0 Å².